The minimum atomic E-state index is 0.193. The van der Waals surface area contributed by atoms with Gasteiger partial charge in [-0.2, -0.15) is 11.8 Å². The van der Waals surface area contributed by atoms with E-state index in [1.165, 1.54) is 24.2 Å². The zero-order valence-corrected chi connectivity index (χ0v) is 12.4. The quantitative estimate of drug-likeness (QED) is 0.907. The van der Waals surface area contributed by atoms with Crippen molar-refractivity contribution in [1.82, 2.24) is 10.3 Å². The molecular formula is C17H20N2S. The summed E-state index contributed by atoms with van der Waals surface area (Å²) in [6.45, 7) is 1.06. The number of benzene rings is 1. The molecule has 1 aromatic heterocycles. The van der Waals surface area contributed by atoms with Crippen LogP contribution in [0.5, 0.6) is 0 Å². The number of nitrogens with one attached hydrogen (secondary N) is 1. The lowest BCUT2D eigenvalue weighted by Crippen LogP contribution is -2.29. The molecule has 2 unspecified atom stereocenters. The molecule has 2 aromatic rings. The molecule has 20 heavy (non-hydrogen) atoms. The van der Waals surface area contributed by atoms with E-state index in [4.69, 9.17) is 0 Å². The molecule has 1 aromatic carbocycles. The molecule has 104 valence electrons. The zero-order chi connectivity index (χ0) is 13.6. The van der Waals surface area contributed by atoms with Gasteiger partial charge in [0.2, 0.25) is 0 Å². The maximum absolute atomic E-state index is 4.53. The SMILES string of the molecule is c1ccc(C(NCC2CCCS2)c2ccccn2)cc1. The number of nitrogens with zero attached hydrogens (tertiary/aromatic N) is 1. The molecule has 1 N–H and O–H groups in total. The van der Waals surface area contributed by atoms with Crippen LogP contribution >= 0.6 is 11.8 Å². The van der Waals surface area contributed by atoms with E-state index in [0.29, 0.717) is 0 Å². The molecule has 0 radical (unpaired) electrons. The van der Waals surface area contributed by atoms with Crippen LogP contribution in [-0.2, 0) is 0 Å². The Labute approximate surface area is 125 Å². The van der Waals surface area contributed by atoms with Crippen molar-refractivity contribution < 1.29 is 0 Å². The molecule has 2 heterocycles. The highest BCUT2D eigenvalue weighted by molar-refractivity contribution is 8.00. The van der Waals surface area contributed by atoms with Crippen molar-refractivity contribution in [2.45, 2.75) is 24.1 Å². The second-order valence-electron chi connectivity index (χ2n) is 5.14. The van der Waals surface area contributed by atoms with Gasteiger partial charge in [-0.15, -0.1) is 0 Å². The van der Waals surface area contributed by atoms with Gasteiger partial charge in [0, 0.05) is 18.0 Å². The predicted molar refractivity (Wildman–Crippen MR) is 86.0 cm³/mol. The Morgan fingerprint density at radius 1 is 1.15 bits per heavy atom. The molecule has 0 saturated carbocycles. The summed E-state index contributed by atoms with van der Waals surface area (Å²) in [6.07, 6.45) is 4.56. The molecule has 2 nitrogen and oxygen atoms in total. The highest BCUT2D eigenvalue weighted by Gasteiger charge is 2.19. The molecule has 0 amide bonds. The lowest BCUT2D eigenvalue weighted by molar-refractivity contribution is 0.574. The van der Waals surface area contributed by atoms with Gasteiger partial charge in [-0.1, -0.05) is 36.4 Å². The molecule has 0 bridgehead atoms. The standard InChI is InChI=1S/C17H20N2S/c1-2-7-14(8-3-1)17(16-10-4-5-11-18-16)19-13-15-9-6-12-20-15/h1-5,7-8,10-11,15,17,19H,6,9,12-13H2. The van der Waals surface area contributed by atoms with E-state index < -0.39 is 0 Å². The minimum absolute atomic E-state index is 0.193. The smallest absolute Gasteiger partial charge is 0.0751 e. The third kappa shape index (κ3) is 3.41. The third-order valence-corrected chi connectivity index (χ3v) is 5.09. The Bertz CT molecular complexity index is 470. The van der Waals surface area contributed by atoms with Crippen LogP contribution in [0.25, 0.3) is 0 Å². The zero-order valence-electron chi connectivity index (χ0n) is 11.5. The van der Waals surface area contributed by atoms with E-state index in [1.54, 1.807) is 0 Å². The van der Waals surface area contributed by atoms with Crippen molar-refractivity contribution in [2.75, 3.05) is 12.3 Å². The van der Waals surface area contributed by atoms with Gasteiger partial charge < -0.3 is 5.32 Å². The summed E-state index contributed by atoms with van der Waals surface area (Å²) in [6, 6.07) is 16.9. The highest BCUT2D eigenvalue weighted by Crippen LogP contribution is 2.27. The average Bonchev–Trinajstić information content (AvgIpc) is 3.03. The third-order valence-electron chi connectivity index (χ3n) is 3.69. The van der Waals surface area contributed by atoms with Crippen LogP contribution in [0.1, 0.15) is 30.1 Å². The number of hydrogen-bond donors (Lipinski definition) is 1. The Balaban J connectivity index is 1.76. The lowest BCUT2D eigenvalue weighted by Gasteiger charge is -2.20. The molecule has 1 saturated heterocycles. The summed E-state index contributed by atoms with van der Waals surface area (Å²) in [5, 5.41) is 4.47. The molecule has 1 aliphatic heterocycles. The first kappa shape index (κ1) is 13.7. The second kappa shape index (κ2) is 6.91. The molecule has 1 fully saturated rings. The van der Waals surface area contributed by atoms with Crippen molar-refractivity contribution >= 4 is 11.8 Å². The van der Waals surface area contributed by atoms with Crippen LogP contribution in [0.4, 0.5) is 0 Å². The van der Waals surface area contributed by atoms with Crippen LogP contribution in [0, 0.1) is 0 Å². The second-order valence-corrected chi connectivity index (χ2v) is 6.55. The largest absolute Gasteiger partial charge is 0.304 e. The predicted octanol–water partition coefficient (Wildman–Crippen LogP) is 3.66. The van der Waals surface area contributed by atoms with Crippen molar-refractivity contribution in [1.29, 1.82) is 0 Å². The fraction of sp³-hybridized carbons (Fsp3) is 0.353. The summed E-state index contributed by atoms with van der Waals surface area (Å²) < 4.78 is 0. The van der Waals surface area contributed by atoms with Crippen LogP contribution < -0.4 is 5.32 Å². The van der Waals surface area contributed by atoms with Crippen molar-refractivity contribution in [2.24, 2.45) is 0 Å². The van der Waals surface area contributed by atoms with E-state index in [2.05, 4.69) is 64.5 Å². The Morgan fingerprint density at radius 2 is 2.00 bits per heavy atom. The van der Waals surface area contributed by atoms with Gasteiger partial charge in [-0.3, -0.25) is 4.98 Å². The van der Waals surface area contributed by atoms with Gasteiger partial charge in [0.1, 0.15) is 0 Å². The van der Waals surface area contributed by atoms with Crippen LogP contribution in [-0.4, -0.2) is 22.5 Å². The Hall–Kier alpha value is -1.32. The molecular weight excluding hydrogens is 264 g/mol. The fourth-order valence-electron chi connectivity index (χ4n) is 2.64. The normalized spacial score (nSPS) is 19.9. The summed E-state index contributed by atoms with van der Waals surface area (Å²) in [4.78, 5) is 4.53. The van der Waals surface area contributed by atoms with E-state index >= 15 is 0 Å². The van der Waals surface area contributed by atoms with Crippen LogP contribution in [0.2, 0.25) is 0 Å². The summed E-state index contributed by atoms with van der Waals surface area (Å²) in [5.74, 6) is 1.31. The molecule has 0 spiro atoms. The summed E-state index contributed by atoms with van der Waals surface area (Å²) in [5.41, 5.74) is 2.39. The first-order valence-corrected chi connectivity index (χ1v) is 8.29. The van der Waals surface area contributed by atoms with Crippen molar-refractivity contribution in [3.8, 4) is 0 Å². The topological polar surface area (TPSA) is 24.9 Å². The van der Waals surface area contributed by atoms with Gasteiger partial charge in [0.15, 0.2) is 0 Å². The summed E-state index contributed by atoms with van der Waals surface area (Å²) >= 11 is 2.09. The van der Waals surface area contributed by atoms with Crippen LogP contribution in [0.15, 0.2) is 54.7 Å². The van der Waals surface area contributed by atoms with Gasteiger partial charge in [0.05, 0.1) is 11.7 Å². The molecule has 0 aliphatic carbocycles. The van der Waals surface area contributed by atoms with Gasteiger partial charge in [0.25, 0.3) is 0 Å². The van der Waals surface area contributed by atoms with E-state index in [0.717, 1.165) is 17.5 Å². The first-order valence-electron chi connectivity index (χ1n) is 7.24. The number of aromatic nitrogens is 1. The van der Waals surface area contributed by atoms with E-state index in [1.807, 2.05) is 12.3 Å². The van der Waals surface area contributed by atoms with Gasteiger partial charge in [-0.25, -0.2) is 0 Å². The Morgan fingerprint density at radius 3 is 2.70 bits per heavy atom. The lowest BCUT2D eigenvalue weighted by atomic mass is 10.0. The molecule has 3 rings (SSSR count). The fourth-order valence-corrected chi connectivity index (χ4v) is 3.85. The molecule has 2 atom stereocenters. The monoisotopic (exact) mass is 284 g/mol. The average molecular weight is 284 g/mol. The van der Waals surface area contributed by atoms with Crippen molar-refractivity contribution in [3.63, 3.8) is 0 Å². The van der Waals surface area contributed by atoms with Gasteiger partial charge in [-0.05, 0) is 36.3 Å². The first-order chi connectivity index (χ1) is 9.93. The van der Waals surface area contributed by atoms with Crippen LogP contribution in [0.3, 0.4) is 0 Å². The Kier molecular flexibility index (Phi) is 4.72. The maximum Gasteiger partial charge on any atom is 0.0751 e. The minimum Gasteiger partial charge on any atom is -0.304 e. The number of thioether (sulfide) groups is 1. The summed E-state index contributed by atoms with van der Waals surface area (Å²) in [7, 11) is 0. The number of rotatable bonds is 5. The highest BCUT2D eigenvalue weighted by atomic mass is 32.2. The van der Waals surface area contributed by atoms with E-state index in [-0.39, 0.29) is 6.04 Å². The molecule has 1 aliphatic rings. The van der Waals surface area contributed by atoms with Crippen molar-refractivity contribution in [3.05, 3.63) is 66.0 Å². The van der Waals surface area contributed by atoms with E-state index in [9.17, 15) is 0 Å². The molecule has 3 heteroatoms. The maximum atomic E-state index is 4.53. The number of pyridine rings is 1. The van der Waals surface area contributed by atoms with Gasteiger partial charge >= 0.3 is 0 Å². The number of hydrogen-bond acceptors (Lipinski definition) is 3.